The maximum absolute atomic E-state index is 8.58. The Labute approximate surface area is 162 Å². The van der Waals surface area contributed by atoms with Gasteiger partial charge in [-0.15, -0.1) is 0 Å². The van der Waals surface area contributed by atoms with Gasteiger partial charge in [0.1, 0.15) is 0 Å². The third-order valence-electron chi connectivity index (χ3n) is 4.78. The minimum absolute atomic E-state index is 0.250. The molecule has 0 saturated carbocycles. The standard InChI is InChI=1S/C22H28N2.CH3NO/c1-4-9-18(2)12-13-19(3)24-17-20(16-23-14-7-8-15-23)21-10-5-6-11-22(21)24;2-1-3/h4-6,9-13,17H,7-8,14-16H2,1-3H3;1H,(H2,2,3)/b9-4-,18-12-,19-13+;. The van der Waals surface area contributed by atoms with Crippen molar-refractivity contribution >= 4 is 23.0 Å². The molecule has 4 heteroatoms. The van der Waals surface area contributed by atoms with Crippen LogP contribution in [0.2, 0.25) is 0 Å². The van der Waals surface area contributed by atoms with E-state index < -0.39 is 0 Å². The van der Waals surface area contributed by atoms with E-state index >= 15 is 0 Å². The maximum Gasteiger partial charge on any atom is 0.204 e. The average molecular weight is 366 g/mol. The second-order valence-corrected chi connectivity index (χ2v) is 6.88. The molecule has 0 unspecified atom stereocenters. The Balaban J connectivity index is 0.000000817. The molecule has 3 rings (SSSR count). The number of likely N-dealkylation sites (tertiary alicyclic amines) is 1. The van der Waals surface area contributed by atoms with Gasteiger partial charge in [-0.3, -0.25) is 9.69 Å². The molecule has 1 saturated heterocycles. The van der Waals surface area contributed by atoms with Crippen molar-refractivity contribution in [3.63, 3.8) is 0 Å². The largest absolute Gasteiger partial charge is 0.372 e. The molecule has 2 aromatic rings. The molecule has 1 aliphatic heterocycles. The van der Waals surface area contributed by atoms with Crippen molar-refractivity contribution in [1.82, 2.24) is 9.47 Å². The quantitative estimate of drug-likeness (QED) is 0.615. The summed E-state index contributed by atoms with van der Waals surface area (Å²) in [4.78, 5) is 11.2. The number of benzene rings is 1. The average Bonchev–Trinajstić information content (AvgIpc) is 3.29. The first-order chi connectivity index (χ1) is 13.1. The lowest BCUT2D eigenvalue weighted by Crippen LogP contribution is -2.18. The number of allylic oxidation sites excluding steroid dienone is 6. The molecule has 1 aromatic heterocycles. The fraction of sp³-hybridized carbons (Fsp3) is 0.348. The van der Waals surface area contributed by atoms with E-state index in [4.69, 9.17) is 4.79 Å². The molecule has 0 bridgehead atoms. The number of carbonyl (C=O) groups excluding carboxylic acids is 1. The van der Waals surface area contributed by atoms with Gasteiger partial charge in [-0.05, 0) is 64.4 Å². The molecule has 1 aliphatic rings. The summed E-state index contributed by atoms with van der Waals surface area (Å²) in [6.45, 7) is 9.91. The molecule has 2 heterocycles. The molecule has 1 amide bonds. The van der Waals surface area contributed by atoms with E-state index in [0.29, 0.717) is 0 Å². The molecule has 0 spiro atoms. The lowest BCUT2D eigenvalue weighted by molar-refractivity contribution is -0.106. The molecule has 27 heavy (non-hydrogen) atoms. The summed E-state index contributed by atoms with van der Waals surface area (Å²) >= 11 is 0. The number of primary amides is 1. The smallest absolute Gasteiger partial charge is 0.204 e. The van der Waals surface area contributed by atoms with Crippen LogP contribution in [0.1, 0.15) is 39.2 Å². The van der Waals surface area contributed by atoms with Crippen molar-refractivity contribution in [3.8, 4) is 0 Å². The van der Waals surface area contributed by atoms with E-state index in [1.54, 1.807) is 0 Å². The molecular weight excluding hydrogens is 334 g/mol. The van der Waals surface area contributed by atoms with Crippen LogP contribution in [-0.2, 0) is 11.3 Å². The molecule has 1 aromatic carbocycles. The fourth-order valence-corrected chi connectivity index (χ4v) is 3.50. The Morgan fingerprint density at radius 2 is 1.81 bits per heavy atom. The first-order valence-electron chi connectivity index (χ1n) is 9.55. The Kier molecular flexibility index (Phi) is 8.08. The van der Waals surface area contributed by atoms with Gasteiger partial charge in [0, 0.05) is 23.8 Å². The van der Waals surface area contributed by atoms with Gasteiger partial charge in [0.2, 0.25) is 6.41 Å². The van der Waals surface area contributed by atoms with Crippen LogP contribution in [0.3, 0.4) is 0 Å². The van der Waals surface area contributed by atoms with E-state index in [1.807, 2.05) is 0 Å². The van der Waals surface area contributed by atoms with E-state index in [2.05, 4.69) is 90.7 Å². The lowest BCUT2D eigenvalue weighted by atomic mass is 10.1. The summed E-state index contributed by atoms with van der Waals surface area (Å²) in [5, 5.41) is 1.38. The maximum atomic E-state index is 8.58. The van der Waals surface area contributed by atoms with Gasteiger partial charge in [0.05, 0.1) is 5.52 Å². The van der Waals surface area contributed by atoms with E-state index in [0.717, 1.165) is 6.54 Å². The second-order valence-electron chi connectivity index (χ2n) is 6.88. The summed E-state index contributed by atoms with van der Waals surface area (Å²) in [6.07, 6.45) is 13.9. The van der Waals surface area contributed by atoms with Gasteiger partial charge in [-0.1, -0.05) is 42.0 Å². The van der Waals surface area contributed by atoms with Crippen LogP contribution in [0.25, 0.3) is 16.6 Å². The number of aromatic nitrogens is 1. The van der Waals surface area contributed by atoms with E-state index in [1.165, 1.54) is 53.7 Å². The fourth-order valence-electron chi connectivity index (χ4n) is 3.50. The number of fused-ring (bicyclic) bond motifs is 1. The van der Waals surface area contributed by atoms with E-state index in [9.17, 15) is 0 Å². The molecule has 4 nitrogen and oxygen atoms in total. The van der Waals surface area contributed by atoms with Crippen molar-refractivity contribution in [2.75, 3.05) is 13.1 Å². The van der Waals surface area contributed by atoms with Gasteiger partial charge in [-0.25, -0.2) is 0 Å². The highest BCUT2D eigenvalue weighted by molar-refractivity contribution is 5.86. The topological polar surface area (TPSA) is 51.3 Å². The van der Waals surface area contributed by atoms with Crippen LogP contribution in [0, 0.1) is 0 Å². The zero-order valence-electron chi connectivity index (χ0n) is 16.7. The number of nitrogens with zero attached hydrogens (tertiary/aromatic N) is 2. The molecular formula is C23H31N3O. The highest BCUT2D eigenvalue weighted by atomic mass is 16.1. The summed E-state index contributed by atoms with van der Waals surface area (Å²) < 4.78 is 2.33. The number of carbonyl (C=O) groups is 1. The van der Waals surface area contributed by atoms with Crippen molar-refractivity contribution in [2.24, 2.45) is 5.73 Å². The van der Waals surface area contributed by atoms with Gasteiger partial charge < -0.3 is 10.3 Å². The third kappa shape index (κ3) is 5.69. The molecule has 1 fully saturated rings. The summed E-state index contributed by atoms with van der Waals surface area (Å²) in [5.41, 5.74) is 9.43. The molecule has 2 N–H and O–H groups in total. The summed E-state index contributed by atoms with van der Waals surface area (Å²) in [7, 11) is 0. The molecule has 144 valence electrons. The van der Waals surface area contributed by atoms with Crippen LogP contribution in [0.4, 0.5) is 0 Å². The number of amides is 1. The van der Waals surface area contributed by atoms with E-state index in [-0.39, 0.29) is 6.41 Å². The minimum Gasteiger partial charge on any atom is -0.372 e. The predicted octanol–water partition coefficient (Wildman–Crippen LogP) is 4.72. The van der Waals surface area contributed by atoms with Crippen LogP contribution in [0.15, 0.2) is 60.3 Å². The number of nitrogens with two attached hydrogens (primary N) is 1. The van der Waals surface area contributed by atoms with Crippen LogP contribution in [0.5, 0.6) is 0 Å². The zero-order chi connectivity index (χ0) is 19.6. The molecule has 0 aliphatic carbocycles. The number of hydrogen-bond acceptors (Lipinski definition) is 2. The Morgan fingerprint density at radius 3 is 2.48 bits per heavy atom. The van der Waals surface area contributed by atoms with Crippen molar-refractivity contribution in [2.45, 2.75) is 40.2 Å². The van der Waals surface area contributed by atoms with Crippen LogP contribution in [-0.4, -0.2) is 29.0 Å². The van der Waals surface area contributed by atoms with Gasteiger partial charge in [0.25, 0.3) is 0 Å². The van der Waals surface area contributed by atoms with Crippen molar-refractivity contribution in [3.05, 3.63) is 65.9 Å². The zero-order valence-corrected chi connectivity index (χ0v) is 16.7. The summed E-state index contributed by atoms with van der Waals surface area (Å²) in [6, 6.07) is 8.76. The van der Waals surface area contributed by atoms with Gasteiger partial charge in [0.15, 0.2) is 0 Å². The van der Waals surface area contributed by atoms with Crippen molar-refractivity contribution in [1.29, 1.82) is 0 Å². The van der Waals surface area contributed by atoms with Crippen molar-refractivity contribution < 1.29 is 4.79 Å². The van der Waals surface area contributed by atoms with Gasteiger partial charge in [-0.2, -0.15) is 0 Å². The Hall–Kier alpha value is -2.59. The highest BCUT2D eigenvalue weighted by Crippen LogP contribution is 2.26. The number of para-hydroxylation sites is 1. The monoisotopic (exact) mass is 365 g/mol. The Bertz CT molecular complexity index is 836. The summed E-state index contributed by atoms with van der Waals surface area (Å²) in [5.74, 6) is 0. The number of rotatable bonds is 5. The normalized spacial score (nSPS) is 16.0. The first kappa shape index (κ1) is 20.7. The van der Waals surface area contributed by atoms with Gasteiger partial charge >= 0.3 is 0 Å². The highest BCUT2D eigenvalue weighted by Gasteiger charge is 2.15. The molecule has 0 atom stereocenters. The third-order valence-corrected chi connectivity index (χ3v) is 4.78. The van der Waals surface area contributed by atoms with Crippen LogP contribution >= 0.6 is 0 Å². The lowest BCUT2D eigenvalue weighted by Gasteiger charge is -2.13. The SMILES string of the molecule is C\C=C/C(C)=C\C=C(/C)n1cc(CN2CCCC2)c2ccccc21.NC=O. The Morgan fingerprint density at radius 1 is 1.15 bits per heavy atom. The van der Waals surface area contributed by atoms with Crippen LogP contribution < -0.4 is 5.73 Å². The minimum atomic E-state index is 0.250. The second kappa shape index (κ2) is 10.5. The molecule has 0 radical (unpaired) electrons. The predicted molar refractivity (Wildman–Crippen MR) is 115 cm³/mol. The first-order valence-corrected chi connectivity index (χ1v) is 9.55. The number of hydrogen-bond donors (Lipinski definition) is 1.